The highest BCUT2D eigenvalue weighted by molar-refractivity contribution is 7.89. The summed E-state index contributed by atoms with van der Waals surface area (Å²) in [5.74, 6) is -0.212. The molecule has 2 aliphatic rings. The molecular formula is C25H33N3O4S. The van der Waals surface area contributed by atoms with Gasteiger partial charge in [-0.3, -0.25) is 9.69 Å². The summed E-state index contributed by atoms with van der Waals surface area (Å²) < 4.78 is 33.0. The van der Waals surface area contributed by atoms with Crippen LogP contribution in [0.25, 0.3) is 0 Å². The molecule has 4 rings (SSSR count). The van der Waals surface area contributed by atoms with Crippen molar-refractivity contribution >= 4 is 15.9 Å². The standard InChI is InChI=1S/C25H33N3O4S/c29-25(26-24(21-8-4-3-5-9-21)20-27-16-18-32-19-17-27)22-10-12-23(13-11-22)33(30,31)28-14-6-1-2-7-15-28/h3-5,8-13,24H,1-2,6-7,14-20H2,(H,26,29)/t24-/m1/s1. The average molecular weight is 472 g/mol. The van der Waals surface area contributed by atoms with Gasteiger partial charge in [-0.25, -0.2) is 8.42 Å². The van der Waals surface area contributed by atoms with E-state index >= 15 is 0 Å². The number of morpholine rings is 1. The number of sulfonamides is 1. The third-order valence-electron chi connectivity index (χ3n) is 6.37. The Kier molecular flexibility index (Phi) is 8.14. The number of nitrogens with one attached hydrogen (secondary N) is 1. The molecule has 2 aliphatic heterocycles. The molecule has 2 saturated heterocycles. The summed E-state index contributed by atoms with van der Waals surface area (Å²) in [5.41, 5.74) is 1.49. The summed E-state index contributed by atoms with van der Waals surface area (Å²) >= 11 is 0. The van der Waals surface area contributed by atoms with Crippen molar-refractivity contribution in [2.45, 2.75) is 36.6 Å². The fourth-order valence-electron chi connectivity index (χ4n) is 4.41. The number of benzene rings is 2. The molecule has 0 aliphatic carbocycles. The third kappa shape index (κ3) is 6.20. The normalized spacial score (nSPS) is 19.5. The Morgan fingerprint density at radius 2 is 1.52 bits per heavy atom. The molecule has 0 bridgehead atoms. The summed E-state index contributed by atoms with van der Waals surface area (Å²) in [5, 5.41) is 3.15. The predicted octanol–water partition coefficient (Wildman–Crippen LogP) is 3.05. The van der Waals surface area contributed by atoms with E-state index in [0.29, 0.717) is 38.4 Å². The van der Waals surface area contributed by atoms with E-state index in [4.69, 9.17) is 4.74 Å². The molecule has 0 spiro atoms. The number of nitrogens with zero attached hydrogens (tertiary/aromatic N) is 2. The van der Waals surface area contributed by atoms with Crippen molar-refractivity contribution in [3.63, 3.8) is 0 Å². The van der Waals surface area contributed by atoms with E-state index in [1.54, 1.807) is 28.6 Å². The Labute approximate surface area is 196 Å². The van der Waals surface area contributed by atoms with Gasteiger partial charge in [-0.05, 0) is 42.7 Å². The van der Waals surface area contributed by atoms with Crippen molar-refractivity contribution < 1.29 is 17.9 Å². The van der Waals surface area contributed by atoms with Crippen LogP contribution in [0.15, 0.2) is 59.5 Å². The average Bonchev–Trinajstić information content (AvgIpc) is 3.15. The lowest BCUT2D eigenvalue weighted by molar-refractivity contribution is 0.0332. The molecule has 7 nitrogen and oxygen atoms in total. The first-order valence-corrected chi connectivity index (χ1v) is 13.2. The monoisotopic (exact) mass is 471 g/mol. The minimum absolute atomic E-state index is 0.169. The SMILES string of the molecule is O=C(N[C@H](CN1CCOCC1)c1ccccc1)c1ccc(S(=O)(=O)N2CCCCCC2)cc1. The van der Waals surface area contributed by atoms with E-state index in [1.165, 1.54) is 0 Å². The summed E-state index contributed by atoms with van der Waals surface area (Å²) in [7, 11) is -3.53. The zero-order valence-corrected chi connectivity index (χ0v) is 19.8. The van der Waals surface area contributed by atoms with Crippen LogP contribution in [-0.4, -0.2) is 69.5 Å². The molecular weight excluding hydrogens is 438 g/mol. The van der Waals surface area contributed by atoms with Crippen LogP contribution in [0.3, 0.4) is 0 Å². The fourth-order valence-corrected chi connectivity index (χ4v) is 5.93. The van der Waals surface area contributed by atoms with Gasteiger partial charge >= 0.3 is 0 Å². The van der Waals surface area contributed by atoms with Crippen LogP contribution < -0.4 is 5.32 Å². The Bertz CT molecular complexity index is 998. The third-order valence-corrected chi connectivity index (χ3v) is 8.28. The lowest BCUT2D eigenvalue weighted by Gasteiger charge is -2.31. The van der Waals surface area contributed by atoms with Crippen LogP contribution in [0.2, 0.25) is 0 Å². The van der Waals surface area contributed by atoms with Crippen molar-refractivity contribution in [2.75, 3.05) is 45.9 Å². The van der Waals surface area contributed by atoms with Crippen LogP contribution in [-0.2, 0) is 14.8 Å². The Balaban J connectivity index is 1.46. The van der Waals surface area contributed by atoms with Crippen LogP contribution in [0.4, 0.5) is 0 Å². The van der Waals surface area contributed by atoms with Crippen LogP contribution in [0, 0.1) is 0 Å². The molecule has 2 fully saturated rings. The van der Waals surface area contributed by atoms with E-state index < -0.39 is 10.0 Å². The second-order valence-corrected chi connectivity index (χ2v) is 10.6. The molecule has 1 amide bonds. The lowest BCUT2D eigenvalue weighted by atomic mass is 10.1. The van der Waals surface area contributed by atoms with Crippen molar-refractivity contribution in [3.8, 4) is 0 Å². The maximum absolute atomic E-state index is 13.1. The molecule has 2 aromatic carbocycles. The molecule has 0 radical (unpaired) electrons. The number of hydrogen-bond acceptors (Lipinski definition) is 5. The van der Waals surface area contributed by atoms with Crippen molar-refractivity contribution in [3.05, 3.63) is 65.7 Å². The Hall–Kier alpha value is -2.26. The minimum Gasteiger partial charge on any atom is -0.379 e. The molecule has 0 aromatic heterocycles. The zero-order chi connectivity index (χ0) is 23.1. The van der Waals surface area contributed by atoms with Crippen LogP contribution >= 0.6 is 0 Å². The van der Waals surface area contributed by atoms with E-state index in [-0.39, 0.29) is 16.8 Å². The lowest BCUT2D eigenvalue weighted by Crippen LogP contribution is -2.43. The molecule has 0 unspecified atom stereocenters. The van der Waals surface area contributed by atoms with Crippen molar-refractivity contribution in [2.24, 2.45) is 0 Å². The maximum atomic E-state index is 13.1. The van der Waals surface area contributed by atoms with Gasteiger partial charge in [0.15, 0.2) is 0 Å². The second-order valence-electron chi connectivity index (χ2n) is 8.69. The van der Waals surface area contributed by atoms with Gasteiger partial charge in [0.05, 0.1) is 24.2 Å². The first-order chi connectivity index (χ1) is 16.0. The van der Waals surface area contributed by atoms with E-state index in [0.717, 1.165) is 44.3 Å². The van der Waals surface area contributed by atoms with Crippen LogP contribution in [0.5, 0.6) is 0 Å². The summed E-state index contributed by atoms with van der Waals surface area (Å²) in [6.45, 7) is 4.88. The highest BCUT2D eigenvalue weighted by atomic mass is 32.2. The quantitative estimate of drug-likeness (QED) is 0.672. The van der Waals surface area contributed by atoms with Gasteiger partial charge in [0.1, 0.15) is 0 Å². The molecule has 1 N–H and O–H groups in total. The maximum Gasteiger partial charge on any atom is 0.251 e. The second kappa shape index (κ2) is 11.2. The Morgan fingerprint density at radius 3 is 2.15 bits per heavy atom. The number of rotatable bonds is 7. The van der Waals surface area contributed by atoms with E-state index in [9.17, 15) is 13.2 Å². The van der Waals surface area contributed by atoms with Crippen molar-refractivity contribution in [1.82, 2.24) is 14.5 Å². The predicted molar refractivity (Wildman–Crippen MR) is 128 cm³/mol. The number of hydrogen-bond donors (Lipinski definition) is 1. The zero-order valence-electron chi connectivity index (χ0n) is 19.0. The van der Waals surface area contributed by atoms with Crippen molar-refractivity contribution in [1.29, 1.82) is 0 Å². The van der Waals surface area contributed by atoms with Gasteiger partial charge in [-0.15, -0.1) is 0 Å². The molecule has 178 valence electrons. The van der Waals surface area contributed by atoms with Gasteiger partial charge in [-0.2, -0.15) is 4.31 Å². The van der Waals surface area contributed by atoms with Gasteiger partial charge < -0.3 is 10.1 Å². The summed E-state index contributed by atoms with van der Waals surface area (Å²) in [4.78, 5) is 15.6. The molecule has 0 saturated carbocycles. The highest BCUT2D eigenvalue weighted by Crippen LogP contribution is 2.21. The number of amides is 1. The number of carbonyl (C=O) groups excluding carboxylic acids is 1. The van der Waals surface area contributed by atoms with E-state index in [2.05, 4.69) is 10.2 Å². The summed E-state index contributed by atoms with van der Waals surface area (Å²) in [6.07, 6.45) is 3.92. The van der Waals surface area contributed by atoms with Gasteiger partial charge in [-0.1, -0.05) is 43.2 Å². The minimum atomic E-state index is -3.53. The molecule has 33 heavy (non-hydrogen) atoms. The Morgan fingerprint density at radius 1 is 0.879 bits per heavy atom. The largest absolute Gasteiger partial charge is 0.379 e. The number of carbonyl (C=O) groups is 1. The molecule has 1 atom stereocenters. The van der Waals surface area contributed by atoms with Gasteiger partial charge in [0, 0.05) is 38.3 Å². The highest BCUT2D eigenvalue weighted by Gasteiger charge is 2.26. The van der Waals surface area contributed by atoms with Gasteiger partial charge in [0.2, 0.25) is 10.0 Å². The molecule has 2 aromatic rings. The molecule has 8 heteroatoms. The summed E-state index contributed by atoms with van der Waals surface area (Å²) in [6, 6.07) is 16.1. The van der Waals surface area contributed by atoms with E-state index in [1.807, 2.05) is 30.3 Å². The fraction of sp³-hybridized carbons (Fsp3) is 0.480. The molecule has 2 heterocycles. The number of ether oxygens (including phenoxy) is 1. The first-order valence-electron chi connectivity index (χ1n) is 11.8. The van der Waals surface area contributed by atoms with Gasteiger partial charge in [0.25, 0.3) is 5.91 Å². The first kappa shape index (κ1) is 23.9. The smallest absolute Gasteiger partial charge is 0.251 e. The topological polar surface area (TPSA) is 79.0 Å². The van der Waals surface area contributed by atoms with Crippen LogP contribution in [0.1, 0.15) is 47.6 Å².